The summed E-state index contributed by atoms with van der Waals surface area (Å²) in [4.78, 5) is 57.7. The van der Waals surface area contributed by atoms with Gasteiger partial charge in [0.2, 0.25) is 6.29 Å². The molecule has 23 N–H and O–H groups in total. The van der Waals surface area contributed by atoms with Crippen LogP contribution in [0, 0.1) is 50.2 Å². The lowest BCUT2D eigenvalue weighted by atomic mass is 9.33. The van der Waals surface area contributed by atoms with Crippen molar-refractivity contribution in [2.45, 2.75) is 391 Å². The van der Waals surface area contributed by atoms with Gasteiger partial charge in [-0.2, -0.15) is 0 Å². The summed E-state index contributed by atoms with van der Waals surface area (Å²) in [5.74, 6) is -5.60. The number of carbonyl (C=O) groups is 4. The Morgan fingerprint density at radius 3 is 1.55 bits per heavy atom. The van der Waals surface area contributed by atoms with Crippen LogP contribution >= 0.6 is 0 Å². The minimum atomic E-state index is -2.36. The van der Waals surface area contributed by atoms with Crippen molar-refractivity contribution in [1.82, 2.24) is 0 Å². The fourth-order valence-electron chi connectivity index (χ4n) is 23.2. The largest absolute Gasteiger partial charge is 0.479 e. The highest BCUT2D eigenvalue weighted by Gasteiger charge is 2.74. The van der Waals surface area contributed by atoms with Crippen LogP contribution in [0.5, 0.6) is 0 Å². The molecule has 46 heteroatoms. The third kappa shape index (κ3) is 18.0. The number of hydrogen-bond acceptors (Lipinski definition) is 45. The summed E-state index contributed by atoms with van der Waals surface area (Å²) in [7, 11) is 0. The molecule has 9 saturated heterocycles. The number of fused-ring (bicyclic) bond motifs is 7. The number of carbonyl (C=O) groups excluding carboxylic acids is 3. The van der Waals surface area contributed by atoms with Crippen molar-refractivity contribution in [3.05, 3.63) is 11.6 Å². The molecule has 0 aromatic carbocycles. The van der Waals surface area contributed by atoms with E-state index in [9.17, 15) is 132 Å². The number of aliphatic hydroxyl groups excluding tert-OH is 21. The highest BCUT2D eigenvalue weighted by molar-refractivity contribution is 5.80. The molecule has 129 heavy (non-hydrogen) atoms. The highest BCUT2D eigenvalue weighted by Crippen LogP contribution is 2.76. The molecule has 0 radical (unpaired) electrons. The Bertz CT molecular complexity index is 3890. The van der Waals surface area contributed by atoms with Crippen LogP contribution in [0.4, 0.5) is 0 Å². The number of aliphatic carboxylic acids is 1. The molecule has 0 aromatic heterocycles. The third-order valence-electron chi connectivity index (χ3n) is 31.0. The lowest BCUT2D eigenvalue weighted by Gasteiger charge is -2.71. The highest BCUT2D eigenvalue weighted by atomic mass is 16.8. The zero-order chi connectivity index (χ0) is 94.2. The second-order valence-corrected chi connectivity index (χ2v) is 39.4. The van der Waals surface area contributed by atoms with Gasteiger partial charge >= 0.3 is 17.9 Å². The summed E-state index contributed by atoms with van der Waals surface area (Å²) in [6, 6.07) is 0. The number of carboxylic acids is 1. The Hall–Kier alpha value is -3.74. The van der Waals surface area contributed by atoms with Crippen LogP contribution in [0.3, 0.4) is 0 Å². The van der Waals surface area contributed by atoms with E-state index in [1.165, 1.54) is 20.8 Å². The summed E-state index contributed by atoms with van der Waals surface area (Å²) in [5.41, 5.74) is -8.00. The van der Waals surface area contributed by atoms with Crippen LogP contribution in [0.1, 0.15) is 127 Å². The van der Waals surface area contributed by atoms with Gasteiger partial charge in [-0.25, -0.2) is 4.79 Å². The monoisotopic (exact) mass is 1860 g/mol. The van der Waals surface area contributed by atoms with Crippen molar-refractivity contribution in [1.29, 1.82) is 0 Å². The normalized spacial score (nSPS) is 54.1. The van der Waals surface area contributed by atoms with Crippen molar-refractivity contribution in [3.63, 3.8) is 0 Å². The van der Waals surface area contributed by atoms with Gasteiger partial charge in [-0.05, 0) is 118 Å². The molecule has 46 nitrogen and oxygen atoms in total. The number of hydrogen-bond donors (Lipinski definition) is 23. The van der Waals surface area contributed by atoms with Crippen molar-refractivity contribution < 1.29 is 227 Å². The van der Waals surface area contributed by atoms with Gasteiger partial charge in [0, 0.05) is 6.92 Å². The Labute approximate surface area is 740 Å². The molecule has 51 atom stereocenters. The first kappa shape index (κ1) is 101. The second-order valence-electron chi connectivity index (χ2n) is 39.4. The molecule has 0 unspecified atom stereocenters. The van der Waals surface area contributed by atoms with Crippen molar-refractivity contribution in [3.8, 4) is 0 Å². The molecule has 0 bridgehead atoms. The van der Waals surface area contributed by atoms with Crippen LogP contribution in [-0.2, 0) is 109 Å². The Morgan fingerprint density at radius 2 is 0.961 bits per heavy atom. The maximum Gasteiger partial charge on any atom is 0.335 e. The second kappa shape index (κ2) is 38.6. The predicted octanol–water partition coefficient (Wildman–Crippen LogP) is -9.10. The summed E-state index contributed by atoms with van der Waals surface area (Å²) in [6.45, 7) is 12.1. The topological polar surface area (TPSA) is 709 Å². The zero-order valence-corrected chi connectivity index (χ0v) is 72.9. The van der Waals surface area contributed by atoms with E-state index in [1.54, 1.807) is 6.92 Å². The van der Waals surface area contributed by atoms with Gasteiger partial charge in [0.05, 0.1) is 75.6 Å². The molecule has 14 aliphatic rings. The van der Waals surface area contributed by atoms with Crippen LogP contribution < -0.4 is 0 Å². The first-order valence-corrected chi connectivity index (χ1v) is 44.1. The third-order valence-corrected chi connectivity index (χ3v) is 31.0. The minimum Gasteiger partial charge on any atom is -0.479 e. The molecule has 9 aliphatic heterocycles. The summed E-state index contributed by atoms with van der Waals surface area (Å²) < 4.78 is 117. The number of rotatable bonds is 24. The van der Waals surface area contributed by atoms with Crippen LogP contribution in [0.25, 0.3) is 0 Å². The molecular formula is C83H130O46. The maximum absolute atomic E-state index is 16.7. The Kier molecular flexibility index (Phi) is 30.2. The van der Waals surface area contributed by atoms with E-state index < -0.39 is 366 Å². The Balaban J connectivity index is 0.780. The van der Waals surface area contributed by atoms with E-state index in [2.05, 4.69) is 19.9 Å². The lowest BCUT2D eigenvalue weighted by Crippen LogP contribution is -2.70. The van der Waals surface area contributed by atoms with Gasteiger partial charge in [-0.1, -0.05) is 53.2 Å². The first-order chi connectivity index (χ1) is 60.5. The Morgan fingerprint density at radius 1 is 0.457 bits per heavy atom. The molecule has 0 spiro atoms. The van der Waals surface area contributed by atoms with E-state index in [0.29, 0.717) is 19.3 Å². The molecule has 0 aromatic rings. The zero-order valence-electron chi connectivity index (χ0n) is 72.9. The first-order valence-electron chi connectivity index (χ1n) is 44.1. The summed E-state index contributed by atoms with van der Waals surface area (Å²) >= 11 is 0. The fourth-order valence-corrected chi connectivity index (χ4v) is 23.2. The maximum atomic E-state index is 16.7. The van der Waals surface area contributed by atoms with Crippen molar-refractivity contribution >= 4 is 24.2 Å². The molecule has 13 fully saturated rings. The standard InChI is InChI=1S/C83H130O46/c1-28-42(92)46(96)50(100)69(114-28)126-62-57(117-31(4)88)30(3)116-73(64(62)128-72-55(105)60(124-70-51(101)47(97)44(94)36(21-84)118-70)56(29(2)115-72)121-68-54(104)58(35(90)24-112-68)122-75-65(106)82(110,26-87)27-113-75)129-76(109)83-18-17-77(5,6)19-33(83)32-11-12-39-78(7)15-14-41(79(8,25-86)38(78)13-16-80(39,9)81(32,10)20-40(83)91)120-74-63(127-71-52(102)48(98)45(95)37(22-85)119-71)59(53(103)61(125-74)66(107)108)123-67-49(99)43(93)34(89)23-111-67/h11,25,28-30,33-65,67-75,84-85,87,89-106,110H,12-24,26-27H2,1-10H3,(H,107,108)/t28-,29-,30+,33-,34+,35+,36+,37+,38+,39+,40+,41-,42-,43-,44+,45-,46+,47-,48-,49+,50+,51+,52+,53-,54+,55+,56-,57-,58-,59-,60-,61-,62-,63+,64+,65-,67-,68-,69-,70-,71-,72-,73-,74+,75-,78-,79-,80+,81+,82+,83+/m0/s1. The molecule has 14 rings (SSSR count). The van der Waals surface area contributed by atoms with Gasteiger partial charge in [0.1, 0.15) is 170 Å². The summed E-state index contributed by atoms with van der Waals surface area (Å²) in [5, 5.41) is 257. The number of aliphatic hydroxyl groups is 22. The van der Waals surface area contributed by atoms with Gasteiger partial charge < -0.3 is 212 Å². The van der Waals surface area contributed by atoms with E-state index in [4.69, 9.17) is 90.0 Å². The van der Waals surface area contributed by atoms with E-state index in [1.807, 2.05) is 20.8 Å². The molecule has 0 amide bonds. The number of allylic oxidation sites excluding steroid dienone is 2. The van der Waals surface area contributed by atoms with Gasteiger partial charge in [0.25, 0.3) is 0 Å². The lowest BCUT2D eigenvalue weighted by molar-refractivity contribution is -0.404. The van der Waals surface area contributed by atoms with Gasteiger partial charge in [0.15, 0.2) is 68.6 Å². The van der Waals surface area contributed by atoms with E-state index in [-0.39, 0.29) is 44.4 Å². The van der Waals surface area contributed by atoms with Crippen molar-refractivity contribution in [2.75, 3.05) is 39.6 Å². The molecule has 738 valence electrons. The van der Waals surface area contributed by atoms with Crippen LogP contribution in [-0.4, -0.2) is 445 Å². The smallest absolute Gasteiger partial charge is 0.335 e. The molecule has 9 heterocycles. The average molecular weight is 1860 g/mol. The predicted molar refractivity (Wildman–Crippen MR) is 416 cm³/mol. The molecule has 5 aliphatic carbocycles. The van der Waals surface area contributed by atoms with Gasteiger partial charge in [-0.3, -0.25) is 9.59 Å². The molecular weight excluding hydrogens is 1730 g/mol. The van der Waals surface area contributed by atoms with E-state index >= 15 is 4.79 Å². The van der Waals surface area contributed by atoms with Crippen LogP contribution in [0.15, 0.2) is 11.6 Å². The SMILES string of the molecule is CC(=O)O[C@@H]1[C@H](O[C@@H]2O[C@@H](C)[C@H](O)[C@@H](O)[C@H]2O)[C@@H](O[C@@H]2O[C@@H](C)[C@H](O[C@@H]3OC[C@@H](O)[C@H](O[C@@H]4OC[C@](O)(CO)[C@H]4O)[C@H]3O)[C@@H](O[C@@H]3O[C@H](CO)[C@@H](O)[C@H](O)[C@H]3O)[C@H]2O)[C@H](OC(=O)[C@]23CCC(C)(C)C[C@H]2C2=CC[C@@H]4[C@@]5(C)CC[C@H](O[C@@H]6O[C@H](C(=O)O)[C@@H](O)[C@H](O[C@@H]7OC[C@@H](O)[C@H](O)[C@H]7O)[C@H]6O[C@@H]6O[C@H](CO)[C@H](O)[C@H](O)[C@H]6O)[C@@](C)(C=O)[C@@H]5CC[C@@]4(C)[C@]2(C)C[C@H]3O)O[C@@H]1C. The fraction of sp³-hybridized carbons (Fsp3) is 0.928. The number of aldehydes is 1. The average Bonchev–Trinajstić information content (AvgIpc) is 1.14. The minimum absolute atomic E-state index is 0.0230. The van der Waals surface area contributed by atoms with Gasteiger partial charge in [-0.15, -0.1) is 0 Å². The molecule has 4 saturated carbocycles. The quantitative estimate of drug-likeness (QED) is 0.0185. The number of carboxylic acid groups (broad SMARTS) is 1. The number of ether oxygens (including phenoxy) is 19. The summed E-state index contributed by atoms with van der Waals surface area (Å²) in [6.07, 6.45) is -75.7. The van der Waals surface area contributed by atoms with Crippen LogP contribution in [0.2, 0.25) is 0 Å². The van der Waals surface area contributed by atoms with Crippen molar-refractivity contribution in [2.24, 2.45) is 50.2 Å². The number of esters is 2. The van der Waals surface area contributed by atoms with E-state index in [0.717, 1.165) is 18.8 Å².